The molecular weight excluding hydrogens is 717 g/mol. The van der Waals surface area contributed by atoms with Gasteiger partial charge in [-0.05, 0) is 92.4 Å². The molecule has 9 aromatic carbocycles. The van der Waals surface area contributed by atoms with E-state index in [0.717, 1.165) is 66.5 Å². The van der Waals surface area contributed by atoms with Gasteiger partial charge in [0.25, 0.3) is 0 Å². The van der Waals surface area contributed by atoms with Crippen LogP contribution in [0.15, 0.2) is 205 Å². The fourth-order valence-corrected chi connectivity index (χ4v) is 9.74. The molecule has 0 saturated heterocycles. The first-order valence-electron chi connectivity index (χ1n) is 20.2. The van der Waals surface area contributed by atoms with Crippen LogP contribution < -0.4 is 0 Å². The van der Waals surface area contributed by atoms with Crippen molar-refractivity contribution in [3.8, 4) is 56.2 Å². The predicted octanol–water partition coefficient (Wildman–Crippen LogP) is 14.7. The Morgan fingerprint density at radius 2 is 1.07 bits per heavy atom. The number of rotatable bonds is 5. The van der Waals surface area contributed by atoms with Gasteiger partial charge in [0.1, 0.15) is 11.2 Å². The summed E-state index contributed by atoms with van der Waals surface area (Å²) in [5.74, 6) is 0.695. The van der Waals surface area contributed by atoms with Crippen molar-refractivity contribution in [2.75, 3.05) is 0 Å². The molecule has 0 aliphatic heterocycles. The van der Waals surface area contributed by atoms with Crippen molar-refractivity contribution in [1.82, 2.24) is 9.97 Å². The highest BCUT2D eigenvalue weighted by Gasteiger charge is 2.41. The standard InChI is InChI=1S/C56H36N2O/c1-56(39-20-6-3-7-21-39)47-26-11-10-23-44(47)52-45(25-13-27-48(52)56)50-34-49(57-55(58-50)36-16-4-2-5-17-36)38-19-12-18-37(33-38)41-24-14-28-51-53(41)46-32-31-42-40-22-9-8-15-35(40)29-30-43(42)54(46)59-51/h2-34H,1H3. The van der Waals surface area contributed by atoms with E-state index in [4.69, 9.17) is 14.4 Å². The second kappa shape index (κ2) is 13.0. The van der Waals surface area contributed by atoms with Crippen LogP contribution in [0, 0.1) is 0 Å². The Balaban J connectivity index is 1.04. The summed E-state index contributed by atoms with van der Waals surface area (Å²) in [6.07, 6.45) is 0. The lowest BCUT2D eigenvalue weighted by Crippen LogP contribution is -2.22. The molecular formula is C56H36N2O. The Morgan fingerprint density at radius 3 is 1.97 bits per heavy atom. The van der Waals surface area contributed by atoms with E-state index < -0.39 is 0 Å². The van der Waals surface area contributed by atoms with Crippen LogP contribution in [0.25, 0.3) is 99.6 Å². The van der Waals surface area contributed by atoms with Gasteiger partial charge in [-0.3, -0.25) is 0 Å². The van der Waals surface area contributed by atoms with Gasteiger partial charge in [0.15, 0.2) is 5.82 Å². The molecule has 3 heteroatoms. The monoisotopic (exact) mass is 752 g/mol. The summed E-state index contributed by atoms with van der Waals surface area (Å²) in [6.45, 7) is 2.36. The molecule has 3 nitrogen and oxygen atoms in total. The van der Waals surface area contributed by atoms with E-state index in [0.29, 0.717) is 5.82 Å². The number of aromatic nitrogens is 2. The summed E-state index contributed by atoms with van der Waals surface area (Å²) < 4.78 is 6.70. The summed E-state index contributed by atoms with van der Waals surface area (Å²) >= 11 is 0. The van der Waals surface area contributed by atoms with Crippen LogP contribution in [-0.2, 0) is 5.41 Å². The quantitative estimate of drug-likeness (QED) is 0.164. The van der Waals surface area contributed by atoms with Crippen LogP contribution in [0.5, 0.6) is 0 Å². The van der Waals surface area contributed by atoms with Gasteiger partial charge in [0, 0.05) is 38.3 Å². The molecule has 12 rings (SSSR count). The summed E-state index contributed by atoms with van der Waals surface area (Å²) in [5, 5.41) is 7.00. The second-order valence-corrected chi connectivity index (χ2v) is 15.8. The molecule has 0 N–H and O–H groups in total. The van der Waals surface area contributed by atoms with Crippen molar-refractivity contribution in [3.05, 3.63) is 217 Å². The Hall–Kier alpha value is -7.62. The zero-order chi connectivity index (χ0) is 39.1. The molecule has 0 amide bonds. The van der Waals surface area contributed by atoms with E-state index >= 15 is 0 Å². The first-order chi connectivity index (χ1) is 29.1. The normalized spacial score (nSPS) is 14.6. The van der Waals surface area contributed by atoms with Crippen molar-refractivity contribution in [3.63, 3.8) is 0 Å². The minimum atomic E-state index is -0.312. The molecule has 2 heterocycles. The first kappa shape index (κ1) is 33.5. The number of benzene rings is 9. The van der Waals surface area contributed by atoms with E-state index in [9.17, 15) is 0 Å². The molecule has 11 aromatic rings. The summed E-state index contributed by atoms with van der Waals surface area (Å²) in [5.41, 5.74) is 14.9. The molecule has 1 unspecified atom stereocenters. The summed E-state index contributed by atoms with van der Waals surface area (Å²) in [6, 6.07) is 71.5. The van der Waals surface area contributed by atoms with Crippen molar-refractivity contribution in [2.24, 2.45) is 0 Å². The summed E-state index contributed by atoms with van der Waals surface area (Å²) in [7, 11) is 0. The highest BCUT2D eigenvalue weighted by atomic mass is 16.3. The molecule has 1 aliphatic rings. The molecule has 0 fully saturated rings. The molecule has 276 valence electrons. The maximum absolute atomic E-state index is 6.70. The van der Waals surface area contributed by atoms with Gasteiger partial charge < -0.3 is 4.42 Å². The molecule has 0 saturated carbocycles. The highest BCUT2D eigenvalue weighted by Crippen LogP contribution is 2.55. The van der Waals surface area contributed by atoms with Crippen LogP contribution in [0.3, 0.4) is 0 Å². The number of hydrogen-bond donors (Lipinski definition) is 0. The number of furan rings is 1. The maximum atomic E-state index is 6.70. The molecule has 0 bridgehead atoms. The van der Waals surface area contributed by atoms with E-state index in [1.165, 1.54) is 44.0 Å². The van der Waals surface area contributed by atoms with Crippen molar-refractivity contribution in [2.45, 2.75) is 12.3 Å². The van der Waals surface area contributed by atoms with E-state index in [1.54, 1.807) is 0 Å². The number of nitrogens with zero attached hydrogens (tertiary/aromatic N) is 2. The SMILES string of the molecule is CC1(c2ccccc2)c2ccccc2-c2c(-c3cc(-c4cccc(-c5cccc6oc7c8ccc9ccccc9c8ccc7c56)c4)nc(-c4ccccc4)n3)cccc21. The zero-order valence-corrected chi connectivity index (χ0v) is 32.4. The van der Waals surface area contributed by atoms with Crippen LogP contribution >= 0.6 is 0 Å². The van der Waals surface area contributed by atoms with Crippen LogP contribution in [-0.4, -0.2) is 9.97 Å². The first-order valence-corrected chi connectivity index (χ1v) is 20.2. The third-order valence-corrected chi connectivity index (χ3v) is 12.6. The fraction of sp³-hybridized carbons (Fsp3) is 0.0357. The van der Waals surface area contributed by atoms with E-state index in [1.807, 2.05) is 6.07 Å². The van der Waals surface area contributed by atoms with Gasteiger partial charge in [-0.15, -0.1) is 0 Å². The minimum absolute atomic E-state index is 0.312. The largest absolute Gasteiger partial charge is 0.455 e. The maximum Gasteiger partial charge on any atom is 0.160 e. The van der Waals surface area contributed by atoms with Gasteiger partial charge in [-0.25, -0.2) is 9.97 Å². The van der Waals surface area contributed by atoms with Gasteiger partial charge >= 0.3 is 0 Å². The minimum Gasteiger partial charge on any atom is -0.455 e. The molecule has 0 radical (unpaired) electrons. The summed E-state index contributed by atoms with van der Waals surface area (Å²) in [4.78, 5) is 10.6. The van der Waals surface area contributed by atoms with Crippen LogP contribution in [0.2, 0.25) is 0 Å². The average molecular weight is 753 g/mol. The van der Waals surface area contributed by atoms with Crippen LogP contribution in [0.4, 0.5) is 0 Å². The van der Waals surface area contributed by atoms with Crippen molar-refractivity contribution < 1.29 is 4.42 Å². The van der Waals surface area contributed by atoms with Crippen LogP contribution in [0.1, 0.15) is 23.6 Å². The molecule has 2 aromatic heterocycles. The molecule has 0 spiro atoms. The van der Waals surface area contributed by atoms with Gasteiger partial charge in [0.05, 0.1) is 11.4 Å². The zero-order valence-electron chi connectivity index (χ0n) is 32.4. The highest BCUT2D eigenvalue weighted by molar-refractivity contribution is 6.22. The van der Waals surface area contributed by atoms with Crippen molar-refractivity contribution >= 4 is 43.5 Å². The third kappa shape index (κ3) is 5.08. The lowest BCUT2D eigenvalue weighted by Gasteiger charge is -2.28. The Labute approximate surface area is 341 Å². The third-order valence-electron chi connectivity index (χ3n) is 12.6. The Morgan fingerprint density at radius 1 is 0.424 bits per heavy atom. The lowest BCUT2D eigenvalue weighted by molar-refractivity contribution is 0.673. The topological polar surface area (TPSA) is 38.9 Å². The molecule has 1 atom stereocenters. The van der Waals surface area contributed by atoms with Crippen molar-refractivity contribution in [1.29, 1.82) is 0 Å². The lowest BCUT2D eigenvalue weighted by atomic mass is 9.74. The fourth-order valence-electron chi connectivity index (χ4n) is 9.74. The molecule has 1 aliphatic carbocycles. The Bertz CT molecular complexity index is 3460. The smallest absolute Gasteiger partial charge is 0.160 e. The second-order valence-electron chi connectivity index (χ2n) is 15.8. The average Bonchev–Trinajstić information content (AvgIpc) is 3.83. The number of fused-ring (bicyclic) bond motifs is 10. The van der Waals surface area contributed by atoms with Gasteiger partial charge in [-0.2, -0.15) is 0 Å². The van der Waals surface area contributed by atoms with Gasteiger partial charge in [-0.1, -0.05) is 170 Å². The van der Waals surface area contributed by atoms with E-state index in [2.05, 4.69) is 201 Å². The van der Waals surface area contributed by atoms with E-state index in [-0.39, 0.29) is 5.41 Å². The van der Waals surface area contributed by atoms with Gasteiger partial charge in [0.2, 0.25) is 0 Å². The molecule has 59 heavy (non-hydrogen) atoms. The number of hydrogen-bond acceptors (Lipinski definition) is 3. The Kier molecular flexibility index (Phi) is 7.36. The predicted molar refractivity (Wildman–Crippen MR) is 243 cm³/mol.